The van der Waals surface area contributed by atoms with Gasteiger partial charge >= 0.3 is 13.8 Å². The highest BCUT2D eigenvalue weighted by molar-refractivity contribution is 7.52. The van der Waals surface area contributed by atoms with Crippen LogP contribution in [0.4, 0.5) is 13.2 Å². The molecule has 2 atom stereocenters. The first kappa shape index (κ1) is 24.7. The quantitative estimate of drug-likeness (QED) is 0.487. The van der Waals surface area contributed by atoms with Gasteiger partial charge in [0.25, 0.3) is 5.91 Å². The molecule has 2 aromatic carbocycles. The second-order valence-electron chi connectivity index (χ2n) is 6.60. The number of ether oxygens (including phenoxy) is 2. The molecule has 0 saturated heterocycles. The molecule has 2 N–H and O–H groups in total. The van der Waals surface area contributed by atoms with Crippen LogP contribution < -0.4 is 14.8 Å². The van der Waals surface area contributed by atoms with E-state index in [1.165, 1.54) is 36.4 Å². The van der Waals surface area contributed by atoms with Gasteiger partial charge in [0.05, 0.1) is 11.7 Å². The van der Waals surface area contributed by atoms with Gasteiger partial charge in [-0.2, -0.15) is 13.2 Å². The molecule has 7 nitrogen and oxygen atoms in total. The molecule has 2 rings (SSSR count). The number of nitrogens with one attached hydrogen (secondary N) is 1. The van der Waals surface area contributed by atoms with Gasteiger partial charge in [-0.15, -0.1) is 0 Å². The van der Waals surface area contributed by atoms with Crippen molar-refractivity contribution in [2.24, 2.45) is 0 Å². The molecule has 170 valence electrons. The molecule has 2 unspecified atom stereocenters. The predicted molar refractivity (Wildman–Crippen MR) is 107 cm³/mol. The molecule has 31 heavy (non-hydrogen) atoms. The summed E-state index contributed by atoms with van der Waals surface area (Å²) in [7, 11) is -3.93. The molecule has 0 aliphatic rings. The van der Waals surface area contributed by atoms with Gasteiger partial charge in [0.15, 0.2) is 6.61 Å². The molecule has 0 bridgehead atoms. The Labute approximate surface area is 177 Å². The molecular weight excluding hydrogens is 438 g/mol. The van der Waals surface area contributed by atoms with E-state index in [1.54, 1.807) is 13.8 Å². The molecule has 11 heteroatoms. The maximum atomic E-state index is 12.6. The Balaban J connectivity index is 1.80. The summed E-state index contributed by atoms with van der Waals surface area (Å²) in [6, 6.07) is 10.3. The molecular formula is C20H23F3NO6P. The Morgan fingerprint density at radius 1 is 1.06 bits per heavy atom. The lowest BCUT2D eigenvalue weighted by Gasteiger charge is -2.17. The third-order valence-corrected chi connectivity index (χ3v) is 5.25. The van der Waals surface area contributed by atoms with Crippen LogP contribution in [0.25, 0.3) is 0 Å². The predicted octanol–water partition coefficient (Wildman–Crippen LogP) is 4.95. The monoisotopic (exact) mass is 461 g/mol. The summed E-state index contributed by atoms with van der Waals surface area (Å²) < 4.78 is 65.3. The second kappa shape index (κ2) is 10.7. The highest BCUT2D eigenvalue weighted by atomic mass is 31.2. The number of carbonyl (C=O) groups excluding carboxylic acids is 1. The summed E-state index contributed by atoms with van der Waals surface area (Å²) in [4.78, 5) is 21.5. The fourth-order valence-electron chi connectivity index (χ4n) is 2.23. The van der Waals surface area contributed by atoms with Crippen molar-refractivity contribution in [1.29, 1.82) is 0 Å². The minimum Gasteiger partial charge on any atom is -0.484 e. The van der Waals surface area contributed by atoms with E-state index in [-0.39, 0.29) is 12.4 Å². The first-order valence-electron chi connectivity index (χ1n) is 9.33. The van der Waals surface area contributed by atoms with Crippen LogP contribution in [0.15, 0.2) is 48.5 Å². The normalized spacial score (nSPS) is 14.4. The molecule has 0 radical (unpaired) electrons. The van der Waals surface area contributed by atoms with E-state index in [0.717, 1.165) is 12.1 Å². The van der Waals surface area contributed by atoms with Crippen LogP contribution >= 0.6 is 7.60 Å². The Morgan fingerprint density at radius 2 is 1.58 bits per heavy atom. The highest BCUT2D eigenvalue weighted by Gasteiger charge is 2.30. The average molecular weight is 461 g/mol. The van der Waals surface area contributed by atoms with E-state index >= 15 is 0 Å². The Hall–Kier alpha value is -2.55. The highest BCUT2D eigenvalue weighted by Crippen LogP contribution is 2.42. The van der Waals surface area contributed by atoms with Crippen molar-refractivity contribution >= 4 is 13.5 Å². The maximum Gasteiger partial charge on any atom is 0.416 e. The van der Waals surface area contributed by atoms with Gasteiger partial charge in [0, 0.05) is 0 Å². The van der Waals surface area contributed by atoms with E-state index in [9.17, 15) is 27.4 Å². The van der Waals surface area contributed by atoms with Crippen LogP contribution in [0.5, 0.6) is 17.2 Å². The molecule has 0 saturated carbocycles. The Kier molecular flexibility index (Phi) is 8.50. The lowest BCUT2D eigenvalue weighted by molar-refractivity contribution is -0.137. The van der Waals surface area contributed by atoms with Crippen molar-refractivity contribution in [3.63, 3.8) is 0 Å². The summed E-state index contributed by atoms with van der Waals surface area (Å²) >= 11 is 0. The second-order valence-corrected chi connectivity index (χ2v) is 8.41. The zero-order valence-electron chi connectivity index (χ0n) is 16.9. The zero-order valence-corrected chi connectivity index (χ0v) is 17.8. The zero-order chi connectivity index (χ0) is 23.1. The van der Waals surface area contributed by atoms with Crippen molar-refractivity contribution in [2.45, 2.75) is 32.5 Å². The number of amides is 1. The maximum absolute atomic E-state index is 12.6. The molecule has 0 aliphatic heterocycles. The van der Waals surface area contributed by atoms with Gasteiger partial charge < -0.3 is 24.2 Å². The van der Waals surface area contributed by atoms with Crippen molar-refractivity contribution in [3.05, 3.63) is 54.1 Å². The minimum atomic E-state index is -4.42. The standard InChI is InChI=1S/C20H23F3NO6P/c1-3-14(2)30-31(26,27)13-24-19(25)12-28-16-8-10-18(11-9-16)29-17-6-4-15(5-7-17)20(21,22)23/h4-11,14H,3,12-13H2,1-2H3,(H,24,25)(H,26,27). The van der Waals surface area contributed by atoms with Crippen LogP contribution in [0, 0.1) is 0 Å². The van der Waals surface area contributed by atoms with Crippen molar-refractivity contribution < 1.29 is 41.4 Å². The van der Waals surface area contributed by atoms with E-state index in [2.05, 4.69) is 5.32 Å². The van der Waals surface area contributed by atoms with Gasteiger partial charge in [0.1, 0.15) is 23.5 Å². The van der Waals surface area contributed by atoms with Crippen LogP contribution in [0.3, 0.4) is 0 Å². The summed E-state index contributed by atoms with van der Waals surface area (Å²) in [6.07, 6.45) is -4.80. The van der Waals surface area contributed by atoms with Crippen molar-refractivity contribution in [3.8, 4) is 17.2 Å². The van der Waals surface area contributed by atoms with Gasteiger partial charge in [0.2, 0.25) is 0 Å². The minimum absolute atomic E-state index is 0.231. The third kappa shape index (κ3) is 8.61. The first-order valence-corrected chi connectivity index (χ1v) is 11.1. The van der Waals surface area contributed by atoms with Crippen molar-refractivity contribution in [2.75, 3.05) is 12.9 Å². The fourth-order valence-corrected chi connectivity index (χ4v) is 3.40. The molecule has 0 fully saturated rings. The summed E-state index contributed by atoms with van der Waals surface area (Å²) in [5.41, 5.74) is -0.772. The molecule has 0 spiro atoms. The average Bonchev–Trinajstić information content (AvgIpc) is 2.71. The van der Waals surface area contributed by atoms with Gasteiger partial charge in [-0.3, -0.25) is 9.36 Å². The number of hydrogen-bond acceptors (Lipinski definition) is 5. The largest absolute Gasteiger partial charge is 0.484 e. The number of rotatable bonds is 10. The Morgan fingerprint density at radius 3 is 2.10 bits per heavy atom. The summed E-state index contributed by atoms with van der Waals surface area (Å²) in [5, 5.41) is 2.27. The van der Waals surface area contributed by atoms with E-state index in [0.29, 0.717) is 17.9 Å². The van der Waals surface area contributed by atoms with Crippen LogP contribution in [0.1, 0.15) is 25.8 Å². The van der Waals surface area contributed by atoms with Crippen LogP contribution in [-0.2, 0) is 20.1 Å². The number of hydrogen-bond donors (Lipinski definition) is 2. The number of benzene rings is 2. The van der Waals surface area contributed by atoms with Crippen LogP contribution in [0.2, 0.25) is 0 Å². The number of halogens is 3. The van der Waals surface area contributed by atoms with Crippen LogP contribution in [-0.4, -0.2) is 29.8 Å². The molecule has 0 heterocycles. The summed E-state index contributed by atoms with van der Waals surface area (Å²) in [6.45, 7) is 3.07. The Bertz CT molecular complexity index is 903. The SMILES string of the molecule is CCC(C)OP(=O)(O)CNC(=O)COc1ccc(Oc2ccc(C(F)(F)F)cc2)cc1. The van der Waals surface area contributed by atoms with Gasteiger partial charge in [-0.25, -0.2) is 0 Å². The summed E-state index contributed by atoms with van der Waals surface area (Å²) in [5.74, 6) is 0.319. The van der Waals surface area contributed by atoms with E-state index < -0.39 is 37.6 Å². The van der Waals surface area contributed by atoms with Gasteiger partial charge in [-0.1, -0.05) is 6.92 Å². The van der Waals surface area contributed by atoms with Crippen molar-refractivity contribution in [1.82, 2.24) is 5.32 Å². The topological polar surface area (TPSA) is 94.1 Å². The third-order valence-electron chi connectivity index (χ3n) is 4.01. The molecule has 2 aromatic rings. The van der Waals surface area contributed by atoms with Gasteiger partial charge in [-0.05, 0) is 61.9 Å². The first-order chi connectivity index (χ1) is 14.5. The van der Waals surface area contributed by atoms with E-state index in [1.807, 2.05) is 0 Å². The molecule has 0 aliphatic carbocycles. The number of carbonyl (C=O) groups is 1. The molecule has 1 amide bonds. The molecule has 0 aromatic heterocycles. The fraction of sp³-hybridized carbons (Fsp3) is 0.350. The lowest BCUT2D eigenvalue weighted by atomic mass is 10.2. The number of alkyl halides is 3. The smallest absolute Gasteiger partial charge is 0.416 e. The lowest BCUT2D eigenvalue weighted by Crippen LogP contribution is -2.30. The van der Waals surface area contributed by atoms with E-state index in [4.69, 9.17) is 14.0 Å².